The smallest absolute Gasteiger partial charge is 0.356 e. The second-order valence-corrected chi connectivity index (χ2v) is 16.2. The van der Waals surface area contributed by atoms with Gasteiger partial charge in [-0.1, -0.05) is 91.0 Å². The van der Waals surface area contributed by atoms with Gasteiger partial charge in [-0.15, -0.1) is 0 Å². The molecule has 12 nitrogen and oxygen atoms in total. The lowest BCUT2D eigenvalue weighted by Gasteiger charge is -2.47. The number of nitro benzene ring substituents is 1. The van der Waals surface area contributed by atoms with E-state index in [-0.39, 0.29) is 41.4 Å². The summed E-state index contributed by atoms with van der Waals surface area (Å²) >= 11 is 4.93. The molecule has 2 heterocycles. The van der Waals surface area contributed by atoms with E-state index in [0.29, 0.717) is 5.56 Å². The Labute approximate surface area is 321 Å². The standard InChI is InChI=1S/C41H35N2O10PS/c1-27(44)52-35-24-30(22-23-37(45)50-2)53-36(35)25-34-38(46)42(40(34)55)39(41(47)51-26-28-18-20-29(21-19-28)43(48)49)54(31-12-6-3-7-13-31,32-14-8-4-9-15-32)33-16-10-5-11-17-33/h3-24,34,40,55H,25-26H2,1-2H3. The number of ether oxygens (including phenoxy) is 3. The Morgan fingerprint density at radius 3 is 1.91 bits per heavy atom. The van der Waals surface area contributed by atoms with Crippen molar-refractivity contribution < 1.29 is 42.7 Å². The minimum absolute atomic E-state index is 0.0588. The van der Waals surface area contributed by atoms with Gasteiger partial charge in [0.25, 0.3) is 5.69 Å². The molecule has 0 aliphatic carbocycles. The van der Waals surface area contributed by atoms with Crippen LogP contribution in [0.25, 0.3) is 6.08 Å². The summed E-state index contributed by atoms with van der Waals surface area (Å²) in [6.45, 7) is -2.26. The molecular weight excluding hydrogens is 743 g/mol. The summed E-state index contributed by atoms with van der Waals surface area (Å²) in [5, 5.41) is 12.7. The summed E-state index contributed by atoms with van der Waals surface area (Å²) in [4.78, 5) is 65.3. The molecule has 0 spiro atoms. The molecule has 4 aromatic carbocycles. The zero-order chi connectivity index (χ0) is 39.1. The second kappa shape index (κ2) is 16.9. The Hall–Kier alpha value is -6.17. The number of likely N-dealkylation sites (tertiary alicyclic amines) is 1. The first kappa shape index (κ1) is 38.6. The Bertz CT molecular complexity index is 2210. The summed E-state index contributed by atoms with van der Waals surface area (Å²) in [6.07, 6.45) is 2.43. The van der Waals surface area contributed by atoms with E-state index in [0.717, 1.165) is 22.0 Å². The zero-order valence-electron chi connectivity index (χ0n) is 29.6. The molecule has 0 saturated carbocycles. The number of non-ortho nitro benzene ring substituents is 1. The number of esters is 3. The van der Waals surface area contributed by atoms with E-state index in [1.807, 2.05) is 91.0 Å². The largest absolute Gasteiger partial charge is 0.466 e. The van der Waals surface area contributed by atoms with Crippen LogP contribution in [0.2, 0.25) is 0 Å². The number of furan rings is 1. The summed E-state index contributed by atoms with van der Waals surface area (Å²) in [5.74, 6) is -2.91. The molecule has 2 atom stereocenters. The van der Waals surface area contributed by atoms with Crippen molar-refractivity contribution in [1.82, 2.24) is 4.90 Å². The Morgan fingerprint density at radius 2 is 1.44 bits per heavy atom. The lowest BCUT2D eigenvalue weighted by Crippen LogP contribution is -2.64. The molecule has 0 radical (unpaired) electrons. The lowest BCUT2D eigenvalue weighted by molar-refractivity contribution is -0.384. The van der Waals surface area contributed by atoms with Gasteiger partial charge in [0.2, 0.25) is 5.91 Å². The second-order valence-electron chi connectivity index (χ2n) is 12.3. The molecule has 2 unspecified atom stereocenters. The summed E-state index contributed by atoms with van der Waals surface area (Å²) in [5.41, 5.74) is 0.477. The van der Waals surface area contributed by atoms with E-state index in [9.17, 15) is 29.3 Å². The average Bonchev–Trinajstić information content (AvgIpc) is 3.59. The highest BCUT2D eigenvalue weighted by molar-refractivity contribution is 7.96. The molecule has 1 saturated heterocycles. The predicted molar refractivity (Wildman–Crippen MR) is 211 cm³/mol. The fourth-order valence-electron chi connectivity index (χ4n) is 6.37. The highest BCUT2D eigenvalue weighted by Crippen LogP contribution is 2.50. The van der Waals surface area contributed by atoms with E-state index >= 15 is 0 Å². The predicted octanol–water partition coefficient (Wildman–Crippen LogP) is 5.42. The first-order valence-electron chi connectivity index (χ1n) is 17.0. The van der Waals surface area contributed by atoms with Crippen LogP contribution < -0.4 is 20.7 Å². The van der Waals surface area contributed by atoms with Gasteiger partial charge < -0.3 is 18.6 Å². The molecule has 1 aliphatic heterocycles. The fourth-order valence-corrected chi connectivity index (χ4v) is 11.3. The number of benzene rings is 4. The molecule has 0 N–H and O–H groups in total. The van der Waals surface area contributed by atoms with Crippen molar-refractivity contribution >= 4 is 76.4 Å². The van der Waals surface area contributed by atoms with E-state index in [1.165, 1.54) is 55.3 Å². The van der Waals surface area contributed by atoms with Crippen LogP contribution >= 0.6 is 19.5 Å². The molecule has 1 amide bonds. The van der Waals surface area contributed by atoms with Crippen molar-refractivity contribution in [2.24, 2.45) is 5.92 Å². The van der Waals surface area contributed by atoms with Crippen LogP contribution in [0.4, 0.5) is 5.69 Å². The number of amides is 1. The highest BCUT2D eigenvalue weighted by Gasteiger charge is 2.53. The number of nitro groups is 1. The number of methoxy groups -OCH3 is 1. The van der Waals surface area contributed by atoms with Crippen LogP contribution in [0, 0.1) is 16.0 Å². The normalized spacial score (nSPS) is 15.3. The van der Waals surface area contributed by atoms with Crippen LogP contribution in [0.15, 0.2) is 132 Å². The fraction of sp³-hybridized carbons (Fsp3) is 0.146. The Morgan fingerprint density at radius 1 is 0.891 bits per heavy atom. The summed E-state index contributed by atoms with van der Waals surface area (Å²) < 4.78 is 22.0. The number of hydrogen-bond acceptors (Lipinski definition) is 11. The van der Waals surface area contributed by atoms with Crippen molar-refractivity contribution in [1.29, 1.82) is 0 Å². The molecule has 6 rings (SSSR count). The van der Waals surface area contributed by atoms with Crippen LogP contribution in [0.3, 0.4) is 0 Å². The molecule has 1 aliphatic rings. The number of rotatable bonds is 13. The number of hydrogen-bond donors (Lipinski definition) is 1. The molecule has 1 aromatic heterocycles. The number of thiol groups is 1. The van der Waals surface area contributed by atoms with Gasteiger partial charge >= 0.3 is 17.9 Å². The first-order valence-corrected chi connectivity index (χ1v) is 19.3. The Balaban J connectivity index is 1.50. The van der Waals surface area contributed by atoms with Gasteiger partial charge in [0, 0.05) is 44.5 Å². The number of carbonyl (C=O) groups is 4. The minimum Gasteiger partial charge on any atom is -0.466 e. The van der Waals surface area contributed by atoms with Gasteiger partial charge in [-0.2, -0.15) is 12.6 Å². The average molecular weight is 779 g/mol. The molecule has 280 valence electrons. The third-order valence-electron chi connectivity index (χ3n) is 8.89. The van der Waals surface area contributed by atoms with E-state index in [2.05, 4.69) is 4.74 Å². The monoisotopic (exact) mass is 778 g/mol. The van der Waals surface area contributed by atoms with Crippen molar-refractivity contribution in [3.05, 3.63) is 155 Å². The van der Waals surface area contributed by atoms with Crippen molar-refractivity contribution in [2.45, 2.75) is 25.3 Å². The maximum atomic E-state index is 14.9. The van der Waals surface area contributed by atoms with Crippen LogP contribution in [-0.2, 0) is 41.7 Å². The van der Waals surface area contributed by atoms with E-state index in [4.69, 9.17) is 26.5 Å². The zero-order valence-corrected chi connectivity index (χ0v) is 31.4. The van der Waals surface area contributed by atoms with Gasteiger partial charge in [-0.25, -0.2) is 9.59 Å². The molecular formula is C41H35N2O10PS. The summed E-state index contributed by atoms with van der Waals surface area (Å²) in [6, 6.07) is 35.4. The molecule has 1 fully saturated rings. The Kier molecular flexibility index (Phi) is 11.8. The molecule has 14 heteroatoms. The van der Waals surface area contributed by atoms with Gasteiger partial charge in [0.15, 0.2) is 5.75 Å². The van der Waals surface area contributed by atoms with Crippen LogP contribution in [0.1, 0.15) is 24.0 Å². The molecule has 5 aromatic rings. The minimum atomic E-state index is -3.25. The van der Waals surface area contributed by atoms with E-state index in [1.54, 1.807) is 0 Å². The summed E-state index contributed by atoms with van der Waals surface area (Å²) in [7, 11) is 1.23. The molecule has 55 heavy (non-hydrogen) atoms. The number of β-lactam (4-membered cyclic amide) rings is 1. The van der Waals surface area contributed by atoms with Gasteiger partial charge in [-0.05, 0) is 39.7 Å². The van der Waals surface area contributed by atoms with Crippen molar-refractivity contribution in [3.8, 4) is 5.75 Å². The topological polar surface area (TPSA) is 155 Å². The third-order valence-corrected chi connectivity index (χ3v) is 13.7. The van der Waals surface area contributed by atoms with Gasteiger partial charge in [0.05, 0.1) is 23.3 Å². The SMILES string of the molecule is COC(=O)C=Cc1cc(OC(C)=O)c(CC2C(=O)N(C(C(=O)OCc3ccc([N+](=O)[O-])cc3)=P(c3ccccc3)(c3ccccc3)c3ccccc3)C2S)o1. The lowest BCUT2D eigenvalue weighted by atomic mass is 9.93. The van der Waals surface area contributed by atoms with Gasteiger partial charge in [-0.3, -0.25) is 24.6 Å². The third kappa shape index (κ3) is 8.03. The maximum absolute atomic E-state index is 14.9. The first-order chi connectivity index (χ1) is 26.5. The van der Waals surface area contributed by atoms with Crippen molar-refractivity contribution in [3.63, 3.8) is 0 Å². The van der Waals surface area contributed by atoms with Crippen molar-refractivity contribution in [2.75, 3.05) is 7.11 Å². The van der Waals surface area contributed by atoms with Crippen LogP contribution in [-0.4, -0.2) is 51.5 Å². The maximum Gasteiger partial charge on any atom is 0.356 e. The van der Waals surface area contributed by atoms with Crippen LogP contribution in [0.5, 0.6) is 5.75 Å². The molecule has 0 bridgehead atoms. The highest BCUT2D eigenvalue weighted by atomic mass is 32.1. The van der Waals surface area contributed by atoms with E-state index < -0.39 is 46.9 Å². The van der Waals surface area contributed by atoms with Gasteiger partial charge in [0.1, 0.15) is 23.5 Å². The number of nitrogens with zero attached hydrogens (tertiary/aromatic N) is 2. The number of carbonyl (C=O) groups excluding carboxylic acids is 4. The quantitative estimate of drug-likeness (QED) is 0.0312.